The van der Waals surface area contributed by atoms with Gasteiger partial charge in [0.25, 0.3) is 0 Å². The van der Waals surface area contributed by atoms with Crippen molar-refractivity contribution in [2.45, 2.75) is 0 Å². The van der Waals surface area contributed by atoms with E-state index in [1.165, 1.54) is 5.69 Å². The van der Waals surface area contributed by atoms with Crippen LogP contribution in [-0.2, 0) is 0 Å². The van der Waals surface area contributed by atoms with Gasteiger partial charge in [-0.1, -0.05) is 18.2 Å². The normalized spacial score (nSPS) is 10.1. The van der Waals surface area contributed by atoms with Crippen molar-refractivity contribution in [3.63, 3.8) is 0 Å². The molecule has 0 spiro atoms. The first-order chi connectivity index (χ1) is 6.30. The molecule has 0 aliphatic rings. The summed E-state index contributed by atoms with van der Waals surface area (Å²) in [7, 11) is -1.93. The molecule has 0 unspecified atom stereocenters. The first kappa shape index (κ1) is 12.8. The molecule has 0 aliphatic carbocycles. The van der Waals surface area contributed by atoms with Crippen LogP contribution in [0.3, 0.4) is 0 Å². The van der Waals surface area contributed by atoms with E-state index in [1.54, 1.807) is 0 Å². The molecule has 0 heterocycles. The smallest absolute Gasteiger partial charge is 0.418 e. The lowest BCUT2D eigenvalue weighted by molar-refractivity contribution is 0.368. The number of anilines is 1. The van der Waals surface area contributed by atoms with Crippen molar-refractivity contribution in [2.75, 3.05) is 19.0 Å². The molecule has 1 nitrogen and oxygen atoms in total. The Morgan fingerprint density at radius 1 is 0.929 bits per heavy atom. The van der Waals surface area contributed by atoms with Crippen LogP contribution in [0.5, 0.6) is 0 Å². The maximum absolute atomic E-state index is 9.75. The van der Waals surface area contributed by atoms with Gasteiger partial charge in [0.05, 0.1) is 0 Å². The highest BCUT2D eigenvalue weighted by Gasteiger charge is 2.20. The molecule has 0 saturated carbocycles. The molecular weight excluding hydrogens is 197 g/mol. The molecule has 6 heteroatoms. The molecule has 1 rings (SSSR count). The third-order valence-electron chi connectivity index (χ3n) is 1.27. The van der Waals surface area contributed by atoms with Gasteiger partial charge < -0.3 is 22.2 Å². The van der Waals surface area contributed by atoms with E-state index in [9.17, 15) is 17.3 Å². The molecule has 0 atom stereocenters. The summed E-state index contributed by atoms with van der Waals surface area (Å²) >= 11 is 0. The van der Waals surface area contributed by atoms with Crippen molar-refractivity contribution >= 4 is 12.9 Å². The van der Waals surface area contributed by atoms with Gasteiger partial charge in [-0.05, 0) is 12.1 Å². The monoisotopic (exact) mass is 208 g/mol. The Morgan fingerprint density at radius 2 is 1.29 bits per heavy atom. The van der Waals surface area contributed by atoms with Crippen LogP contribution in [0.15, 0.2) is 30.3 Å². The Labute approximate surface area is 80.4 Å². The number of benzene rings is 1. The molecule has 0 amide bonds. The summed E-state index contributed by atoms with van der Waals surface area (Å²) in [6.07, 6.45) is 0. The number of halogens is 4. The zero-order valence-corrected chi connectivity index (χ0v) is 7.92. The van der Waals surface area contributed by atoms with E-state index in [1.807, 2.05) is 32.3 Å². The van der Waals surface area contributed by atoms with Gasteiger partial charge >= 0.3 is 7.25 Å². The zero-order chi connectivity index (χ0) is 11.2. The van der Waals surface area contributed by atoms with Gasteiger partial charge in [-0.25, -0.2) is 0 Å². The quantitative estimate of drug-likeness (QED) is 0.506. The van der Waals surface area contributed by atoms with Gasteiger partial charge in [-0.3, -0.25) is 0 Å². The van der Waals surface area contributed by atoms with Crippen LogP contribution in [0.1, 0.15) is 0 Å². The Hall–Kier alpha value is -1.20. The molecule has 1 aromatic rings. The lowest BCUT2D eigenvalue weighted by atomic mass is 10.3. The second-order valence-electron chi connectivity index (χ2n) is 2.72. The van der Waals surface area contributed by atoms with Gasteiger partial charge in [-0.2, -0.15) is 0 Å². The van der Waals surface area contributed by atoms with E-state index in [2.05, 4.69) is 17.0 Å². The van der Waals surface area contributed by atoms with Crippen LogP contribution in [0, 0.1) is 0 Å². The van der Waals surface area contributed by atoms with Crippen molar-refractivity contribution in [3.8, 4) is 0 Å². The number of hydrogen-bond acceptors (Lipinski definition) is 1. The maximum Gasteiger partial charge on any atom is 0.673 e. The predicted octanol–water partition coefficient (Wildman–Crippen LogP) is 3.05. The number of hydrogen-bond donors (Lipinski definition) is 0. The van der Waals surface area contributed by atoms with Crippen LogP contribution in [0.2, 0.25) is 0 Å². The van der Waals surface area contributed by atoms with Gasteiger partial charge in [-0.15, -0.1) is 0 Å². The Bertz CT molecular complexity index is 241. The first-order valence-corrected chi connectivity index (χ1v) is 3.90. The topological polar surface area (TPSA) is 3.24 Å². The van der Waals surface area contributed by atoms with Gasteiger partial charge in [0.15, 0.2) is 0 Å². The van der Waals surface area contributed by atoms with E-state index in [4.69, 9.17) is 0 Å². The molecular formula is C8H11BF4N-. The summed E-state index contributed by atoms with van der Waals surface area (Å²) in [4.78, 5) is 2.08. The minimum absolute atomic E-state index is 1.25. The second-order valence-corrected chi connectivity index (χ2v) is 2.72. The summed E-state index contributed by atoms with van der Waals surface area (Å²) in [5.41, 5.74) is 1.25. The van der Waals surface area contributed by atoms with E-state index >= 15 is 0 Å². The summed E-state index contributed by atoms with van der Waals surface area (Å²) in [6.45, 7) is 0. The highest BCUT2D eigenvalue weighted by molar-refractivity contribution is 6.50. The highest BCUT2D eigenvalue weighted by atomic mass is 19.5. The molecule has 80 valence electrons. The van der Waals surface area contributed by atoms with E-state index in [0.717, 1.165) is 0 Å². The van der Waals surface area contributed by atoms with E-state index in [0.29, 0.717) is 0 Å². The molecule has 0 fully saturated rings. The standard InChI is InChI=1S/C8H11N.BF4/c1-9(2)8-6-4-3-5-7-8;2-1(3,4)5/h3-7H,1-2H3;/q;-1. The molecule has 1 aromatic carbocycles. The SMILES string of the molecule is CN(C)c1ccccc1.F[B-](F)(F)F. The Kier molecular flexibility index (Phi) is 5.05. The molecule has 0 aromatic heterocycles. The van der Waals surface area contributed by atoms with Crippen molar-refractivity contribution in [2.24, 2.45) is 0 Å². The molecule has 0 radical (unpaired) electrons. The fourth-order valence-corrected chi connectivity index (χ4v) is 0.726. The summed E-state index contributed by atoms with van der Waals surface area (Å²) < 4.78 is 39.0. The molecule has 0 aliphatic heterocycles. The van der Waals surface area contributed by atoms with Crippen LogP contribution < -0.4 is 4.90 Å². The average Bonchev–Trinajstić information content (AvgIpc) is 2.03. The summed E-state index contributed by atoms with van der Waals surface area (Å²) in [5.74, 6) is 0. The minimum atomic E-state index is -6.00. The first-order valence-electron chi connectivity index (χ1n) is 3.90. The number of para-hydroxylation sites is 1. The molecule has 14 heavy (non-hydrogen) atoms. The fraction of sp³-hybridized carbons (Fsp3) is 0.250. The van der Waals surface area contributed by atoms with Crippen molar-refractivity contribution in [3.05, 3.63) is 30.3 Å². The third-order valence-corrected chi connectivity index (χ3v) is 1.27. The van der Waals surface area contributed by atoms with Gasteiger partial charge in [0, 0.05) is 19.8 Å². The van der Waals surface area contributed by atoms with E-state index < -0.39 is 7.25 Å². The molecule has 0 N–H and O–H groups in total. The molecule has 0 saturated heterocycles. The highest BCUT2D eigenvalue weighted by Crippen LogP contribution is 2.07. The van der Waals surface area contributed by atoms with Crippen LogP contribution in [-0.4, -0.2) is 21.3 Å². The lowest BCUT2D eigenvalue weighted by Gasteiger charge is -2.10. The predicted molar refractivity (Wildman–Crippen MR) is 51.0 cm³/mol. The van der Waals surface area contributed by atoms with Crippen molar-refractivity contribution < 1.29 is 17.3 Å². The zero-order valence-electron chi connectivity index (χ0n) is 7.92. The number of nitrogens with zero attached hydrogens (tertiary/aromatic N) is 1. The Balaban J connectivity index is 0.000000292. The summed E-state index contributed by atoms with van der Waals surface area (Å²) in [6, 6.07) is 10.3. The number of rotatable bonds is 1. The minimum Gasteiger partial charge on any atom is -0.418 e. The largest absolute Gasteiger partial charge is 0.673 e. The summed E-state index contributed by atoms with van der Waals surface area (Å²) in [5, 5.41) is 0. The van der Waals surface area contributed by atoms with Gasteiger partial charge in [0.1, 0.15) is 0 Å². The maximum atomic E-state index is 9.75. The average molecular weight is 208 g/mol. The van der Waals surface area contributed by atoms with Crippen LogP contribution in [0.25, 0.3) is 0 Å². The second kappa shape index (κ2) is 5.52. The third kappa shape index (κ3) is 8.90. The van der Waals surface area contributed by atoms with Crippen molar-refractivity contribution in [1.82, 2.24) is 0 Å². The Morgan fingerprint density at radius 3 is 1.50 bits per heavy atom. The van der Waals surface area contributed by atoms with E-state index in [-0.39, 0.29) is 0 Å². The fourth-order valence-electron chi connectivity index (χ4n) is 0.726. The lowest BCUT2D eigenvalue weighted by Crippen LogP contribution is -2.07. The van der Waals surface area contributed by atoms with Crippen LogP contribution in [0.4, 0.5) is 23.0 Å². The van der Waals surface area contributed by atoms with Crippen molar-refractivity contribution in [1.29, 1.82) is 0 Å². The van der Waals surface area contributed by atoms with Gasteiger partial charge in [0.2, 0.25) is 0 Å². The molecule has 0 bridgehead atoms. The van der Waals surface area contributed by atoms with Crippen LogP contribution >= 0.6 is 0 Å².